The number of nitrogens with zero attached hydrogens (tertiary/aromatic N) is 2. The highest BCUT2D eigenvalue weighted by atomic mass is 35.5. The lowest BCUT2D eigenvalue weighted by Gasteiger charge is -2.26. The molecule has 0 saturated carbocycles. The number of hydrogen-bond acceptors (Lipinski definition) is 5. The Kier molecular flexibility index (Phi) is 23.8. The van der Waals surface area contributed by atoms with Crippen LogP contribution >= 0.6 is 47.4 Å². The van der Waals surface area contributed by atoms with Crippen LogP contribution in [-0.2, 0) is 29.0 Å². The number of anilines is 1. The number of hydrogen-bond donors (Lipinski definition) is 1. The average molecular weight is 865 g/mol. The normalized spacial score (nSPS) is 11.0. The van der Waals surface area contributed by atoms with Crippen molar-refractivity contribution in [3.8, 4) is 0 Å². The lowest BCUT2D eigenvalue weighted by atomic mass is 9.40. The van der Waals surface area contributed by atoms with Crippen molar-refractivity contribution < 1.29 is 9.53 Å². The molecule has 5 rings (SSSR count). The Hall–Kier alpha value is -2.81. The van der Waals surface area contributed by atoms with Crippen LogP contribution in [0.15, 0.2) is 95.9 Å². The summed E-state index contributed by atoms with van der Waals surface area (Å²) in [5.41, 5.74) is 7.71. The Labute approximate surface area is 381 Å². The number of ether oxygens (including phenoxy) is 1. The molecule has 0 aliphatic heterocycles. The first-order valence-corrected chi connectivity index (χ1v) is 21.1. The predicted molar refractivity (Wildman–Crippen MR) is 265 cm³/mol. The van der Waals surface area contributed by atoms with Crippen LogP contribution in [0.25, 0.3) is 10.9 Å². The number of carbonyl (C=O) groups is 1. The first kappa shape index (κ1) is 54.2. The van der Waals surface area contributed by atoms with Gasteiger partial charge in [-0.25, -0.2) is 5.84 Å². The summed E-state index contributed by atoms with van der Waals surface area (Å²) in [5.74, 6) is 6.91. The number of fused-ring (bicyclic) bond motifs is 1. The fourth-order valence-corrected chi connectivity index (χ4v) is 7.49. The van der Waals surface area contributed by atoms with E-state index in [9.17, 15) is 4.79 Å². The molecule has 0 saturated heterocycles. The zero-order chi connectivity index (χ0) is 43.8. The van der Waals surface area contributed by atoms with E-state index in [1.54, 1.807) is 5.01 Å². The van der Waals surface area contributed by atoms with E-state index in [1.165, 1.54) is 38.2 Å². The molecule has 9 radical (unpaired) electrons. The fourth-order valence-electron chi connectivity index (χ4n) is 6.05. The molecule has 5 aromatic rings. The number of nitrogens with two attached hydrogens (primary N) is 1. The van der Waals surface area contributed by atoms with E-state index in [0.29, 0.717) is 38.0 Å². The molecule has 2 N–H and O–H groups in total. The highest BCUT2D eigenvalue weighted by molar-refractivity contribution is 8.00. The second-order valence-electron chi connectivity index (χ2n) is 16.1. The summed E-state index contributed by atoms with van der Waals surface area (Å²) >= 11 is 13.9. The SMILES string of the molecule is CC(C)c1ccc(N(N)Cc2ccc(Cl)cc2)cc1.CCOC(=O)C(C)(C)Cc1c(SC(C)(C)C)c2cc(C(C)C)ccc2n1Cc1ccc(Cl)cc1.Cl.[B][B].[B][B][B]. The second-order valence-corrected chi connectivity index (χ2v) is 18.8. The lowest BCUT2D eigenvalue weighted by Crippen LogP contribution is -2.30. The number of hydrazine groups is 1. The maximum Gasteiger partial charge on any atom is 0.311 e. The molecule has 59 heavy (non-hydrogen) atoms. The van der Waals surface area contributed by atoms with Crippen LogP contribution in [0.2, 0.25) is 10.0 Å². The quantitative estimate of drug-likeness (QED) is 0.0445. The molecular weight excluding hydrogens is 807 g/mol. The van der Waals surface area contributed by atoms with Crippen molar-refractivity contribution in [2.45, 2.75) is 110 Å². The van der Waals surface area contributed by atoms with Crippen LogP contribution in [0.4, 0.5) is 5.69 Å². The van der Waals surface area contributed by atoms with Crippen molar-refractivity contribution in [1.29, 1.82) is 0 Å². The van der Waals surface area contributed by atoms with Crippen LogP contribution in [0, 0.1) is 5.41 Å². The molecule has 307 valence electrons. The van der Waals surface area contributed by atoms with E-state index < -0.39 is 5.41 Å². The zero-order valence-corrected chi connectivity index (χ0v) is 39.5. The van der Waals surface area contributed by atoms with Gasteiger partial charge < -0.3 is 14.3 Å². The average Bonchev–Trinajstić information content (AvgIpc) is 3.43. The van der Waals surface area contributed by atoms with Gasteiger partial charge in [0.25, 0.3) is 0 Å². The molecule has 0 spiro atoms. The molecule has 0 atom stereocenters. The molecular formula is C45H58B5Cl3N3O2S. The van der Waals surface area contributed by atoms with Crippen molar-refractivity contribution in [3.05, 3.63) is 129 Å². The first-order valence-electron chi connectivity index (χ1n) is 19.5. The topological polar surface area (TPSA) is 60.5 Å². The van der Waals surface area contributed by atoms with Crippen LogP contribution in [0.3, 0.4) is 0 Å². The number of benzene rings is 4. The second kappa shape index (κ2) is 25.8. The van der Waals surface area contributed by atoms with Crippen molar-refractivity contribution in [1.82, 2.24) is 4.57 Å². The molecule has 1 aromatic heterocycles. The molecule has 0 fully saturated rings. The Bertz CT molecular complexity index is 1990. The van der Waals surface area contributed by atoms with Gasteiger partial charge in [0.2, 0.25) is 0 Å². The summed E-state index contributed by atoms with van der Waals surface area (Å²) in [7, 11) is 18.0. The van der Waals surface area contributed by atoms with Crippen molar-refractivity contribution >= 4 is 108 Å². The standard InChI is InChI=1S/C29H38ClNO2S.C16H19ClN2.B3.B2.ClH/c1-9-33-27(32)29(7,8)17-25-26(34-28(4,5)6)23-16-21(19(2)3)12-15-24(23)31(25)18-20-10-13-22(30)14-11-20;1-12(2)14-5-9-16(10-6-14)19(18)11-13-3-7-15(17)8-4-13;1-3-2;1-2;/h10-16,19H,9,17-18H2,1-8H3;3-10,12H,11,18H2,1-2H3;;;1H. The molecule has 0 amide bonds. The van der Waals surface area contributed by atoms with Gasteiger partial charge in [0, 0.05) is 87.3 Å². The minimum atomic E-state index is -0.643. The minimum absolute atomic E-state index is 0. The number of aromatic nitrogens is 1. The molecule has 5 nitrogen and oxygen atoms in total. The van der Waals surface area contributed by atoms with Gasteiger partial charge >= 0.3 is 5.97 Å². The molecule has 0 aliphatic carbocycles. The molecule has 14 heteroatoms. The maximum atomic E-state index is 12.9. The smallest absolute Gasteiger partial charge is 0.311 e. The summed E-state index contributed by atoms with van der Waals surface area (Å²) in [5, 5.41) is 4.48. The largest absolute Gasteiger partial charge is 0.466 e. The van der Waals surface area contributed by atoms with E-state index in [0.717, 1.165) is 28.4 Å². The predicted octanol–water partition coefficient (Wildman–Crippen LogP) is 11.4. The van der Waals surface area contributed by atoms with Gasteiger partial charge in [-0.05, 0) is 103 Å². The number of halogens is 3. The Morgan fingerprint density at radius 2 is 1.29 bits per heavy atom. The third-order valence-electron chi connectivity index (χ3n) is 9.07. The van der Waals surface area contributed by atoms with Crippen molar-refractivity contribution in [3.63, 3.8) is 0 Å². The first-order chi connectivity index (χ1) is 27.3. The summed E-state index contributed by atoms with van der Waals surface area (Å²) in [6, 6.07) is 31.0. The van der Waals surface area contributed by atoms with Gasteiger partial charge in [0.05, 0.1) is 24.3 Å². The Balaban J connectivity index is 0.000000588. The van der Waals surface area contributed by atoms with E-state index in [4.69, 9.17) is 33.8 Å². The van der Waals surface area contributed by atoms with Crippen LogP contribution in [0.1, 0.15) is 109 Å². The van der Waals surface area contributed by atoms with Crippen LogP contribution in [0.5, 0.6) is 0 Å². The van der Waals surface area contributed by atoms with Gasteiger partial charge in [-0.2, -0.15) is 0 Å². The van der Waals surface area contributed by atoms with Gasteiger partial charge in [0.1, 0.15) is 0 Å². The molecule has 1 heterocycles. The van der Waals surface area contributed by atoms with Gasteiger partial charge in [0.15, 0.2) is 0 Å². The number of thioether (sulfide) groups is 1. The van der Waals surface area contributed by atoms with Crippen molar-refractivity contribution in [2.75, 3.05) is 11.6 Å². The van der Waals surface area contributed by atoms with Gasteiger partial charge in [-0.15, -0.1) is 24.2 Å². The van der Waals surface area contributed by atoms with E-state index in [1.807, 2.05) is 68.9 Å². The summed E-state index contributed by atoms with van der Waals surface area (Å²) in [6.45, 7) is 23.2. The van der Waals surface area contributed by atoms with Crippen molar-refractivity contribution in [2.24, 2.45) is 11.3 Å². The zero-order valence-electron chi connectivity index (χ0n) is 36.4. The highest BCUT2D eigenvalue weighted by Crippen LogP contribution is 2.44. The van der Waals surface area contributed by atoms with Gasteiger partial charge in [-0.3, -0.25) is 4.79 Å². The molecule has 0 aliphatic rings. The fraction of sp³-hybridized carbons (Fsp3) is 0.400. The van der Waals surface area contributed by atoms with E-state index >= 15 is 0 Å². The number of carbonyl (C=O) groups excluding carboxylic acids is 1. The van der Waals surface area contributed by atoms with Crippen LogP contribution in [-0.4, -0.2) is 59.9 Å². The van der Waals surface area contributed by atoms with Gasteiger partial charge in [-0.1, -0.05) is 114 Å². The highest BCUT2D eigenvalue weighted by Gasteiger charge is 2.34. The van der Waals surface area contributed by atoms with E-state index in [-0.39, 0.29) is 23.1 Å². The maximum absolute atomic E-state index is 12.9. The number of rotatable bonds is 12. The molecule has 4 aromatic carbocycles. The lowest BCUT2D eigenvalue weighted by molar-refractivity contribution is -0.153. The third-order valence-corrected chi connectivity index (χ3v) is 10.8. The summed E-state index contributed by atoms with van der Waals surface area (Å²) in [4.78, 5) is 14.1. The third kappa shape index (κ3) is 17.2. The Morgan fingerprint density at radius 3 is 1.75 bits per heavy atom. The Morgan fingerprint density at radius 1 is 0.814 bits per heavy atom. The summed E-state index contributed by atoms with van der Waals surface area (Å²) in [6.07, 6.45) is 0.601. The molecule has 0 bridgehead atoms. The summed E-state index contributed by atoms with van der Waals surface area (Å²) < 4.78 is 7.86. The number of esters is 1. The van der Waals surface area contributed by atoms with E-state index in [2.05, 4.69) is 139 Å². The molecule has 0 unspecified atom stereocenters. The minimum Gasteiger partial charge on any atom is -0.466 e. The monoisotopic (exact) mass is 864 g/mol. The van der Waals surface area contributed by atoms with Crippen LogP contribution < -0.4 is 10.9 Å².